The molecule has 1 aromatic heterocycles. The third kappa shape index (κ3) is 2.86. The van der Waals surface area contributed by atoms with Gasteiger partial charge >= 0.3 is 0 Å². The van der Waals surface area contributed by atoms with Gasteiger partial charge in [0.25, 0.3) is 0 Å². The van der Waals surface area contributed by atoms with Crippen molar-refractivity contribution >= 4 is 15.9 Å². The summed E-state index contributed by atoms with van der Waals surface area (Å²) in [7, 11) is 0. The largest absolute Gasteiger partial charge is 0.438 e. The SMILES string of the molecule is CCc1ccccc1Oc1ncc(Br)cc1C. The molecule has 0 atom stereocenters. The highest BCUT2D eigenvalue weighted by Crippen LogP contribution is 2.27. The molecule has 0 amide bonds. The zero-order valence-electron chi connectivity index (χ0n) is 9.90. The molecule has 0 aliphatic rings. The molecule has 0 unspecified atom stereocenters. The van der Waals surface area contributed by atoms with Gasteiger partial charge in [-0.3, -0.25) is 0 Å². The van der Waals surface area contributed by atoms with E-state index < -0.39 is 0 Å². The summed E-state index contributed by atoms with van der Waals surface area (Å²) in [4.78, 5) is 4.28. The van der Waals surface area contributed by atoms with E-state index in [0.717, 1.165) is 22.2 Å². The van der Waals surface area contributed by atoms with E-state index in [9.17, 15) is 0 Å². The summed E-state index contributed by atoms with van der Waals surface area (Å²) < 4.78 is 6.82. The number of rotatable bonds is 3. The number of hydrogen-bond acceptors (Lipinski definition) is 2. The van der Waals surface area contributed by atoms with Crippen LogP contribution in [0.2, 0.25) is 0 Å². The molecule has 17 heavy (non-hydrogen) atoms. The second kappa shape index (κ2) is 5.32. The van der Waals surface area contributed by atoms with Crippen molar-refractivity contribution < 1.29 is 4.74 Å². The fourth-order valence-corrected chi connectivity index (χ4v) is 2.08. The highest BCUT2D eigenvalue weighted by molar-refractivity contribution is 9.10. The maximum Gasteiger partial charge on any atom is 0.222 e. The molecular weight excluding hydrogens is 278 g/mol. The monoisotopic (exact) mass is 291 g/mol. The number of pyridine rings is 1. The standard InChI is InChI=1S/C14H14BrNO/c1-3-11-6-4-5-7-13(11)17-14-10(2)8-12(15)9-16-14/h4-9H,3H2,1-2H3. The zero-order valence-corrected chi connectivity index (χ0v) is 11.5. The van der Waals surface area contributed by atoms with E-state index in [4.69, 9.17) is 4.74 Å². The summed E-state index contributed by atoms with van der Waals surface area (Å²) >= 11 is 3.39. The third-order valence-electron chi connectivity index (χ3n) is 2.56. The fraction of sp³-hybridized carbons (Fsp3) is 0.214. The average Bonchev–Trinajstić information content (AvgIpc) is 2.33. The molecule has 2 nitrogen and oxygen atoms in total. The van der Waals surface area contributed by atoms with Crippen molar-refractivity contribution in [3.05, 3.63) is 52.1 Å². The summed E-state index contributed by atoms with van der Waals surface area (Å²) in [6.45, 7) is 4.10. The predicted molar refractivity (Wildman–Crippen MR) is 72.6 cm³/mol. The number of aryl methyl sites for hydroxylation is 2. The lowest BCUT2D eigenvalue weighted by atomic mass is 10.1. The van der Waals surface area contributed by atoms with Crippen LogP contribution in [-0.2, 0) is 6.42 Å². The minimum Gasteiger partial charge on any atom is -0.438 e. The van der Waals surface area contributed by atoms with Crippen molar-refractivity contribution in [1.29, 1.82) is 0 Å². The Hall–Kier alpha value is -1.35. The molecule has 2 rings (SSSR count). The Bertz CT molecular complexity index is 525. The highest BCUT2D eigenvalue weighted by atomic mass is 79.9. The van der Waals surface area contributed by atoms with Gasteiger partial charge < -0.3 is 4.74 Å². The Morgan fingerprint density at radius 3 is 2.76 bits per heavy atom. The van der Waals surface area contributed by atoms with Gasteiger partial charge in [-0.1, -0.05) is 25.1 Å². The van der Waals surface area contributed by atoms with Crippen LogP contribution in [-0.4, -0.2) is 4.98 Å². The molecule has 0 aliphatic heterocycles. The molecule has 0 N–H and O–H groups in total. The number of para-hydroxylation sites is 1. The van der Waals surface area contributed by atoms with E-state index >= 15 is 0 Å². The molecule has 0 saturated heterocycles. The van der Waals surface area contributed by atoms with Crippen molar-refractivity contribution in [2.24, 2.45) is 0 Å². The lowest BCUT2D eigenvalue weighted by molar-refractivity contribution is 0.453. The van der Waals surface area contributed by atoms with Crippen LogP contribution >= 0.6 is 15.9 Å². The van der Waals surface area contributed by atoms with Gasteiger partial charge in [0.1, 0.15) is 5.75 Å². The first-order chi connectivity index (χ1) is 8.20. The van der Waals surface area contributed by atoms with Gasteiger partial charge in [0.2, 0.25) is 5.88 Å². The quantitative estimate of drug-likeness (QED) is 0.830. The number of aromatic nitrogens is 1. The molecule has 3 heteroatoms. The minimum absolute atomic E-state index is 0.661. The van der Waals surface area contributed by atoms with Gasteiger partial charge in [-0.15, -0.1) is 0 Å². The van der Waals surface area contributed by atoms with Crippen molar-refractivity contribution in [1.82, 2.24) is 4.98 Å². The van der Waals surface area contributed by atoms with Crippen LogP contribution in [0.5, 0.6) is 11.6 Å². The smallest absolute Gasteiger partial charge is 0.222 e. The van der Waals surface area contributed by atoms with Crippen molar-refractivity contribution in [3.63, 3.8) is 0 Å². The Kier molecular flexibility index (Phi) is 3.79. The van der Waals surface area contributed by atoms with Crippen LogP contribution in [0.1, 0.15) is 18.1 Å². The van der Waals surface area contributed by atoms with Crippen LogP contribution < -0.4 is 4.74 Å². The van der Waals surface area contributed by atoms with E-state index in [-0.39, 0.29) is 0 Å². The van der Waals surface area contributed by atoms with E-state index in [1.807, 2.05) is 31.2 Å². The minimum atomic E-state index is 0.661. The summed E-state index contributed by atoms with van der Waals surface area (Å²) in [6.07, 6.45) is 2.70. The predicted octanol–water partition coefficient (Wildman–Crippen LogP) is 4.51. The van der Waals surface area contributed by atoms with Crippen LogP contribution in [0, 0.1) is 6.92 Å². The van der Waals surface area contributed by atoms with E-state index in [2.05, 4.69) is 33.9 Å². The van der Waals surface area contributed by atoms with Crippen molar-refractivity contribution in [2.45, 2.75) is 20.3 Å². The lowest BCUT2D eigenvalue weighted by Crippen LogP contribution is -1.94. The second-order valence-electron chi connectivity index (χ2n) is 3.84. The zero-order chi connectivity index (χ0) is 12.3. The summed E-state index contributed by atoms with van der Waals surface area (Å²) in [5.74, 6) is 1.54. The number of benzene rings is 1. The van der Waals surface area contributed by atoms with Crippen molar-refractivity contribution in [2.75, 3.05) is 0 Å². The molecule has 0 bridgehead atoms. The first-order valence-electron chi connectivity index (χ1n) is 5.58. The summed E-state index contributed by atoms with van der Waals surface area (Å²) in [6, 6.07) is 10.0. The second-order valence-corrected chi connectivity index (χ2v) is 4.75. The molecule has 0 saturated carbocycles. The molecule has 0 fully saturated rings. The van der Waals surface area contributed by atoms with E-state index in [1.54, 1.807) is 6.20 Å². The van der Waals surface area contributed by atoms with Crippen molar-refractivity contribution in [3.8, 4) is 11.6 Å². The lowest BCUT2D eigenvalue weighted by Gasteiger charge is -2.10. The molecule has 0 spiro atoms. The molecular formula is C14H14BrNO. The number of halogens is 1. The van der Waals surface area contributed by atoms with Gasteiger partial charge in [-0.05, 0) is 47.0 Å². The van der Waals surface area contributed by atoms with Crippen LogP contribution in [0.4, 0.5) is 0 Å². The first kappa shape index (κ1) is 12.1. The third-order valence-corrected chi connectivity index (χ3v) is 2.99. The maximum absolute atomic E-state index is 5.85. The van der Waals surface area contributed by atoms with Gasteiger partial charge in [0.05, 0.1) is 0 Å². The van der Waals surface area contributed by atoms with Gasteiger partial charge in [-0.25, -0.2) is 4.98 Å². The van der Waals surface area contributed by atoms with E-state index in [1.165, 1.54) is 5.56 Å². The van der Waals surface area contributed by atoms with Crippen LogP contribution in [0.15, 0.2) is 41.0 Å². The topological polar surface area (TPSA) is 22.1 Å². The summed E-state index contributed by atoms with van der Waals surface area (Å²) in [5, 5.41) is 0. The molecule has 0 radical (unpaired) electrons. The molecule has 88 valence electrons. The summed E-state index contributed by atoms with van der Waals surface area (Å²) in [5.41, 5.74) is 2.21. The normalized spacial score (nSPS) is 10.3. The Labute approximate surface area is 110 Å². The first-order valence-corrected chi connectivity index (χ1v) is 6.38. The van der Waals surface area contributed by atoms with Gasteiger partial charge in [-0.2, -0.15) is 0 Å². The average molecular weight is 292 g/mol. The molecule has 2 aromatic rings. The number of nitrogens with zero attached hydrogens (tertiary/aromatic N) is 1. The molecule has 1 aromatic carbocycles. The number of hydrogen-bond donors (Lipinski definition) is 0. The Morgan fingerprint density at radius 2 is 2.06 bits per heavy atom. The van der Waals surface area contributed by atoms with Crippen LogP contribution in [0.3, 0.4) is 0 Å². The van der Waals surface area contributed by atoms with Gasteiger partial charge in [0, 0.05) is 16.2 Å². The fourth-order valence-electron chi connectivity index (χ4n) is 1.63. The van der Waals surface area contributed by atoms with Gasteiger partial charge in [0.15, 0.2) is 0 Å². The molecule has 0 aliphatic carbocycles. The van der Waals surface area contributed by atoms with Crippen LogP contribution in [0.25, 0.3) is 0 Å². The molecule has 1 heterocycles. The number of ether oxygens (including phenoxy) is 1. The Balaban J connectivity index is 2.31. The van der Waals surface area contributed by atoms with E-state index in [0.29, 0.717) is 5.88 Å². The Morgan fingerprint density at radius 1 is 1.29 bits per heavy atom. The highest BCUT2D eigenvalue weighted by Gasteiger charge is 2.06. The maximum atomic E-state index is 5.85.